The van der Waals surface area contributed by atoms with Crippen molar-refractivity contribution in [2.45, 2.75) is 30.4 Å². The maximum absolute atomic E-state index is 14.0. The van der Waals surface area contributed by atoms with Crippen molar-refractivity contribution in [2.24, 2.45) is 0 Å². The molecule has 1 heterocycles. The standard InChI is InChI=1S/C14H20FNS2/c1-3-16-13(11-6-4-5-7-12(11)15)14-10(2)17-8-9-18-14/h4-7,10,13-14,16H,3,8-9H2,1-2H3. The quantitative estimate of drug-likeness (QED) is 0.905. The Kier molecular flexibility index (Phi) is 5.39. The molecule has 1 aliphatic heterocycles. The Hall–Kier alpha value is -0.190. The zero-order valence-corrected chi connectivity index (χ0v) is 12.5. The lowest BCUT2D eigenvalue weighted by atomic mass is 10.0. The largest absolute Gasteiger partial charge is 0.309 e. The van der Waals surface area contributed by atoms with Gasteiger partial charge in [0.2, 0.25) is 0 Å². The normalized spacial score (nSPS) is 25.9. The summed E-state index contributed by atoms with van der Waals surface area (Å²) >= 11 is 3.97. The summed E-state index contributed by atoms with van der Waals surface area (Å²) in [6.45, 7) is 5.21. The van der Waals surface area contributed by atoms with Crippen LogP contribution in [0.5, 0.6) is 0 Å². The van der Waals surface area contributed by atoms with E-state index in [0.717, 1.165) is 17.9 Å². The third-order valence-corrected chi connectivity index (χ3v) is 6.42. The first-order chi connectivity index (χ1) is 8.74. The van der Waals surface area contributed by atoms with Crippen LogP contribution in [0.25, 0.3) is 0 Å². The summed E-state index contributed by atoms with van der Waals surface area (Å²) in [4.78, 5) is 0. The minimum absolute atomic E-state index is 0.0909. The van der Waals surface area contributed by atoms with Crippen LogP contribution in [0.2, 0.25) is 0 Å². The molecule has 0 saturated carbocycles. The molecule has 2 rings (SSSR count). The van der Waals surface area contributed by atoms with Crippen LogP contribution >= 0.6 is 23.5 Å². The minimum atomic E-state index is -0.0909. The second kappa shape index (κ2) is 6.83. The van der Waals surface area contributed by atoms with E-state index in [9.17, 15) is 4.39 Å². The smallest absolute Gasteiger partial charge is 0.128 e. The van der Waals surface area contributed by atoms with Crippen LogP contribution < -0.4 is 5.32 Å². The zero-order chi connectivity index (χ0) is 13.0. The fourth-order valence-electron chi connectivity index (χ4n) is 2.37. The molecule has 0 radical (unpaired) electrons. The second-order valence-electron chi connectivity index (χ2n) is 4.47. The van der Waals surface area contributed by atoms with Crippen molar-refractivity contribution in [1.29, 1.82) is 0 Å². The predicted molar refractivity (Wildman–Crippen MR) is 81.0 cm³/mol. The number of benzene rings is 1. The molecule has 1 aliphatic rings. The predicted octanol–water partition coefficient (Wildman–Crippen LogP) is 3.71. The first-order valence-corrected chi connectivity index (χ1v) is 8.54. The average molecular weight is 285 g/mol. The maximum Gasteiger partial charge on any atom is 0.128 e. The molecule has 1 nitrogen and oxygen atoms in total. The third kappa shape index (κ3) is 3.22. The van der Waals surface area contributed by atoms with Gasteiger partial charge in [-0.3, -0.25) is 0 Å². The molecule has 4 heteroatoms. The number of hydrogen-bond donors (Lipinski definition) is 1. The summed E-state index contributed by atoms with van der Waals surface area (Å²) < 4.78 is 14.0. The van der Waals surface area contributed by atoms with Crippen molar-refractivity contribution in [2.75, 3.05) is 18.1 Å². The van der Waals surface area contributed by atoms with Crippen molar-refractivity contribution in [3.63, 3.8) is 0 Å². The molecular weight excluding hydrogens is 265 g/mol. The molecule has 0 aliphatic carbocycles. The SMILES string of the molecule is CCNC(c1ccccc1F)C1SCCSC1C. The van der Waals surface area contributed by atoms with Crippen molar-refractivity contribution in [3.05, 3.63) is 35.6 Å². The van der Waals surface area contributed by atoms with Crippen LogP contribution in [0.15, 0.2) is 24.3 Å². The molecule has 0 bridgehead atoms. The number of halogens is 1. The Morgan fingerprint density at radius 1 is 1.33 bits per heavy atom. The molecule has 1 saturated heterocycles. The van der Waals surface area contributed by atoms with Crippen LogP contribution in [0.4, 0.5) is 4.39 Å². The number of rotatable bonds is 4. The van der Waals surface area contributed by atoms with Gasteiger partial charge in [0.05, 0.1) is 0 Å². The molecule has 18 heavy (non-hydrogen) atoms. The van der Waals surface area contributed by atoms with Gasteiger partial charge in [-0.25, -0.2) is 4.39 Å². The second-order valence-corrected chi connectivity index (χ2v) is 7.24. The summed E-state index contributed by atoms with van der Waals surface area (Å²) in [5.74, 6) is 2.28. The van der Waals surface area contributed by atoms with Gasteiger partial charge in [0.1, 0.15) is 5.82 Å². The van der Waals surface area contributed by atoms with E-state index in [1.165, 1.54) is 5.75 Å². The summed E-state index contributed by atoms with van der Waals surface area (Å²) in [5.41, 5.74) is 0.811. The highest BCUT2D eigenvalue weighted by molar-refractivity contribution is 8.07. The Labute approximate surface area is 117 Å². The van der Waals surface area contributed by atoms with Crippen LogP contribution in [0.3, 0.4) is 0 Å². The number of thioether (sulfide) groups is 2. The van der Waals surface area contributed by atoms with Gasteiger partial charge in [-0.05, 0) is 12.6 Å². The first kappa shape index (κ1) is 14.2. The van der Waals surface area contributed by atoms with E-state index < -0.39 is 0 Å². The van der Waals surface area contributed by atoms with Crippen LogP contribution in [-0.2, 0) is 0 Å². The maximum atomic E-state index is 14.0. The Bertz CT molecular complexity index is 386. The fraction of sp³-hybridized carbons (Fsp3) is 0.571. The van der Waals surface area contributed by atoms with Gasteiger partial charge in [-0.1, -0.05) is 32.0 Å². The topological polar surface area (TPSA) is 12.0 Å². The molecular formula is C14H20FNS2. The molecule has 3 atom stereocenters. The van der Waals surface area contributed by atoms with Gasteiger partial charge in [0, 0.05) is 33.6 Å². The van der Waals surface area contributed by atoms with Crippen molar-refractivity contribution in [1.82, 2.24) is 5.32 Å². The van der Waals surface area contributed by atoms with E-state index in [-0.39, 0.29) is 11.9 Å². The lowest BCUT2D eigenvalue weighted by Gasteiger charge is -2.35. The molecule has 1 fully saturated rings. The summed E-state index contributed by atoms with van der Waals surface area (Å²) in [6.07, 6.45) is 0. The van der Waals surface area contributed by atoms with Gasteiger partial charge in [0.25, 0.3) is 0 Å². The lowest BCUT2D eigenvalue weighted by molar-refractivity contribution is 0.493. The number of hydrogen-bond acceptors (Lipinski definition) is 3. The highest BCUT2D eigenvalue weighted by Gasteiger charge is 2.32. The first-order valence-electron chi connectivity index (χ1n) is 6.45. The van der Waals surface area contributed by atoms with Crippen LogP contribution in [0, 0.1) is 5.82 Å². The zero-order valence-electron chi connectivity index (χ0n) is 10.9. The van der Waals surface area contributed by atoms with E-state index >= 15 is 0 Å². The van der Waals surface area contributed by atoms with E-state index in [1.807, 2.05) is 35.7 Å². The summed E-state index contributed by atoms with van der Waals surface area (Å²) in [7, 11) is 0. The van der Waals surface area contributed by atoms with Gasteiger partial charge < -0.3 is 5.32 Å². The van der Waals surface area contributed by atoms with E-state index in [0.29, 0.717) is 10.5 Å². The van der Waals surface area contributed by atoms with Crippen molar-refractivity contribution in [3.8, 4) is 0 Å². The lowest BCUT2D eigenvalue weighted by Crippen LogP contribution is -2.38. The van der Waals surface area contributed by atoms with Gasteiger partial charge in [0.15, 0.2) is 0 Å². The van der Waals surface area contributed by atoms with E-state index in [1.54, 1.807) is 12.1 Å². The van der Waals surface area contributed by atoms with Crippen molar-refractivity contribution >= 4 is 23.5 Å². The molecule has 100 valence electrons. The van der Waals surface area contributed by atoms with Crippen LogP contribution in [0.1, 0.15) is 25.5 Å². The molecule has 1 aromatic rings. The Morgan fingerprint density at radius 3 is 2.72 bits per heavy atom. The van der Waals surface area contributed by atoms with Crippen molar-refractivity contribution < 1.29 is 4.39 Å². The van der Waals surface area contributed by atoms with E-state index in [4.69, 9.17) is 0 Å². The Morgan fingerprint density at radius 2 is 2.06 bits per heavy atom. The van der Waals surface area contributed by atoms with E-state index in [2.05, 4.69) is 19.2 Å². The highest BCUT2D eigenvalue weighted by Crippen LogP contribution is 2.39. The third-order valence-electron chi connectivity index (χ3n) is 3.23. The molecule has 0 aromatic heterocycles. The molecule has 3 unspecified atom stereocenters. The van der Waals surface area contributed by atoms with Crippen LogP contribution in [-0.4, -0.2) is 28.6 Å². The van der Waals surface area contributed by atoms with Gasteiger partial charge in [-0.15, -0.1) is 0 Å². The Balaban J connectivity index is 2.24. The van der Waals surface area contributed by atoms with Gasteiger partial charge in [-0.2, -0.15) is 23.5 Å². The van der Waals surface area contributed by atoms with Gasteiger partial charge >= 0.3 is 0 Å². The highest BCUT2D eigenvalue weighted by atomic mass is 32.2. The molecule has 1 aromatic carbocycles. The minimum Gasteiger partial charge on any atom is -0.309 e. The fourth-order valence-corrected chi connectivity index (χ4v) is 5.30. The average Bonchev–Trinajstić information content (AvgIpc) is 2.38. The monoisotopic (exact) mass is 285 g/mol. The number of nitrogens with one attached hydrogen (secondary N) is 1. The molecule has 1 N–H and O–H groups in total. The summed E-state index contributed by atoms with van der Waals surface area (Å²) in [5, 5.41) is 4.47. The molecule has 0 amide bonds. The molecule has 0 spiro atoms. The summed E-state index contributed by atoms with van der Waals surface area (Å²) in [6, 6.07) is 7.27.